The molecule has 0 N–H and O–H groups in total. The molecule has 0 aliphatic rings. The van der Waals surface area contributed by atoms with E-state index in [1.54, 1.807) is 0 Å². The van der Waals surface area contributed by atoms with E-state index in [-0.39, 0.29) is 0 Å². The van der Waals surface area contributed by atoms with E-state index >= 15 is 0 Å². The Labute approximate surface area is 112 Å². The van der Waals surface area contributed by atoms with Crippen LogP contribution in [0.3, 0.4) is 0 Å². The van der Waals surface area contributed by atoms with E-state index in [4.69, 9.17) is 22.8 Å². The van der Waals surface area contributed by atoms with Crippen molar-refractivity contribution in [3.05, 3.63) is 41.0 Å². The molecule has 0 aliphatic carbocycles. The van der Waals surface area contributed by atoms with Gasteiger partial charge < -0.3 is 4.74 Å². The largest absolute Gasteiger partial charge is 0.358 e. The van der Waals surface area contributed by atoms with Gasteiger partial charge in [0.1, 0.15) is 10.8 Å². The Morgan fingerprint density at radius 1 is 1.39 bits per heavy atom. The Bertz CT molecular complexity index is 613. The molecule has 2 nitrogen and oxygen atoms in total. The second-order valence-electron chi connectivity index (χ2n) is 4.57. The maximum Gasteiger partial charge on any atom is 0.135 e. The molecule has 0 saturated heterocycles. The van der Waals surface area contributed by atoms with Crippen molar-refractivity contribution in [2.24, 2.45) is 0 Å². The maximum atomic E-state index is 6.13. The Hall–Kier alpha value is -1.56. The topological polar surface area (TPSA) is 22.1 Å². The smallest absolute Gasteiger partial charge is 0.135 e. The van der Waals surface area contributed by atoms with Gasteiger partial charge in [-0.25, -0.2) is 4.98 Å². The minimum absolute atomic E-state index is 0.355. The van der Waals surface area contributed by atoms with Gasteiger partial charge in [0.05, 0.1) is 12.1 Å². The fourth-order valence-electron chi connectivity index (χ4n) is 1.54. The van der Waals surface area contributed by atoms with Crippen LogP contribution in [0.2, 0.25) is 5.15 Å². The van der Waals surface area contributed by atoms with E-state index in [1.165, 1.54) is 0 Å². The van der Waals surface area contributed by atoms with E-state index in [9.17, 15) is 0 Å². The summed E-state index contributed by atoms with van der Waals surface area (Å²) in [4.78, 5) is 4.34. The van der Waals surface area contributed by atoms with Crippen LogP contribution in [0.5, 0.6) is 0 Å². The van der Waals surface area contributed by atoms with Crippen LogP contribution >= 0.6 is 11.6 Å². The first-order valence-electron chi connectivity index (χ1n) is 5.68. The molecule has 2 aromatic rings. The highest BCUT2D eigenvalue weighted by molar-refractivity contribution is 6.30. The van der Waals surface area contributed by atoms with E-state index in [0.717, 1.165) is 16.5 Å². The highest BCUT2D eigenvalue weighted by atomic mass is 35.5. The van der Waals surface area contributed by atoms with Gasteiger partial charge in [-0.05, 0) is 26.0 Å². The molecule has 0 fully saturated rings. The minimum Gasteiger partial charge on any atom is -0.358 e. The van der Waals surface area contributed by atoms with Crippen molar-refractivity contribution in [1.29, 1.82) is 0 Å². The number of hydrogen-bond acceptors (Lipinski definition) is 2. The lowest BCUT2D eigenvalue weighted by atomic mass is 10.1. The monoisotopic (exact) mass is 259 g/mol. The van der Waals surface area contributed by atoms with Gasteiger partial charge in [0.25, 0.3) is 0 Å². The van der Waals surface area contributed by atoms with Crippen molar-refractivity contribution in [3.63, 3.8) is 0 Å². The summed E-state index contributed by atoms with van der Waals surface area (Å²) in [5.41, 5.74) is 1.12. The van der Waals surface area contributed by atoms with Gasteiger partial charge in [-0.1, -0.05) is 35.7 Å². The van der Waals surface area contributed by atoms with Gasteiger partial charge >= 0.3 is 0 Å². The SMILES string of the molecule is C#CC(C)(C)OCc1cc2ccccc2nc1Cl. The molecule has 0 unspecified atom stereocenters. The first-order valence-corrected chi connectivity index (χ1v) is 6.05. The van der Waals surface area contributed by atoms with E-state index < -0.39 is 5.60 Å². The minimum atomic E-state index is -0.602. The average Bonchev–Trinajstić information content (AvgIpc) is 2.36. The Balaban J connectivity index is 2.29. The lowest BCUT2D eigenvalue weighted by Crippen LogP contribution is -2.21. The summed E-state index contributed by atoms with van der Waals surface area (Å²) in [5.74, 6) is 2.58. The zero-order valence-electron chi connectivity index (χ0n) is 10.4. The fraction of sp³-hybridized carbons (Fsp3) is 0.267. The molecule has 0 saturated carbocycles. The fourth-order valence-corrected chi connectivity index (χ4v) is 1.74. The summed E-state index contributed by atoms with van der Waals surface area (Å²) in [7, 11) is 0. The number of rotatable bonds is 3. The highest BCUT2D eigenvalue weighted by Crippen LogP contribution is 2.22. The summed E-state index contributed by atoms with van der Waals surface area (Å²) in [6.45, 7) is 4.04. The summed E-state index contributed by atoms with van der Waals surface area (Å²) in [5, 5.41) is 1.50. The standard InChI is InChI=1S/C15H14ClNO/c1-4-15(2,3)18-10-12-9-11-7-5-6-8-13(11)17-14(12)16/h1,5-9H,10H2,2-3H3. The Morgan fingerprint density at radius 3 is 2.83 bits per heavy atom. The molecule has 0 bridgehead atoms. The van der Waals surface area contributed by atoms with Crippen LogP contribution in [0.4, 0.5) is 0 Å². The van der Waals surface area contributed by atoms with Crippen LogP contribution in [-0.2, 0) is 11.3 Å². The molecule has 0 aliphatic heterocycles. The predicted octanol–water partition coefficient (Wildman–Crippen LogP) is 3.82. The Kier molecular flexibility index (Phi) is 3.56. The predicted molar refractivity (Wildman–Crippen MR) is 74.5 cm³/mol. The summed E-state index contributed by atoms with van der Waals surface area (Å²) in [6.07, 6.45) is 5.38. The second kappa shape index (κ2) is 4.97. The summed E-state index contributed by atoms with van der Waals surface area (Å²) < 4.78 is 5.63. The normalized spacial score (nSPS) is 11.4. The molecule has 0 radical (unpaired) electrons. The number of aromatic nitrogens is 1. The zero-order chi connectivity index (χ0) is 13.2. The number of fused-ring (bicyclic) bond motifs is 1. The van der Waals surface area contributed by atoms with E-state index in [0.29, 0.717) is 11.8 Å². The maximum absolute atomic E-state index is 6.13. The number of ether oxygens (including phenoxy) is 1. The number of nitrogens with zero attached hydrogens (tertiary/aromatic N) is 1. The van der Waals surface area contributed by atoms with Crippen LogP contribution in [0.25, 0.3) is 10.9 Å². The Morgan fingerprint density at radius 2 is 2.11 bits per heavy atom. The molecule has 1 heterocycles. The lowest BCUT2D eigenvalue weighted by Gasteiger charge is -2.19. The number of terminal acetylenes is 1. The zero-order valence-corrected chi connectivity index (χ0v) is 11.2. The summed E-state index contributed by atoms with van der Waals surface area (Å²) in [6, 6.07) is 9.81. The molecule has 18 heavy (non-hydrogen) atoms. The third-order valence-corrected chi connectivity index (χ3v) is 3.01. The van der Waals surface area contributed by atoms with Crippen LogP contribution in [0, 0.1) is 12.3 Å². The summed E-state index contributed by atoms with van der Waals surface area (Å²) >= 11 is 6.13. The third-order valence-electron chi connectivity index (χ3n) is 2.69. The van der Waals surface area contributed by atoms with E-state index in [1.807, 2.05) is 44.2 Å². The third kappa shape index (κ3) is 2.81. The molecule has 92 valence electrons. The highest BCUT2D eigenvalue weighted by Gasteiger charge is 2.15. The van der Waals surface area contributed by atoms with Gasteiger partial charge in [-0.3, -0.25) is 0 Å². The van der Waals surface area contributed by atoms with Crippen molar-refractivity contribution in [3.8, 4) is 12.3 Å². The number of hydrogen-bond donors (Lipinski definition) is 0. The van der Waals surface area contributed by atoms with Crippen molar-refractivity contribution < 1.29 is 4.74 Å². The first-order chi connectivity index (χ1) is 8.52. The number of halogens is 1. The van der Waals surface area contributed by atoms with Crippen molar-refractivity contribution in [2.75, 3.05) is 0 Å². The number of para-hydroxylation sites is 1. The average molecular weight is 260 g/mol. The first kappa shape index (κ1) is 12.9. The number of benzene rings is 1. The number of pyridine rings is 1. The van der Waals surface area contributed by atoms with Crippen molar-refractivity contribution in [2.45, 2.75) is 26.1 Å². The molecule has 0 spiro atoms. The van der Waals surface area contributed by atoms with Crippen LogP contribution < -0.4 is 0 Å². The van der Waals surface area contributed by atoms with Gasteiger partial charge in [-0.15, -0.1) is 6.42 Å². The molecular weight excluding hydrogens is 246 g/mol. The van der Waals surface area contributed by atoms with Crippen molar-refractivity contribution >= 4 is 22.5 Å². The quantitative estimate of drug-likeness (QED) is 0.618. The molecule has 0 atom stereocenters. The van der Waals surface area contributed by atoms with Crippen LogP contribution in [0.1, 0.15) is 19.4 Å². The van der Waals surface area contributed by atoms with Gasteiger partial charge in [-0.2, -0.15) is 0 Å². The van der Waals surface area contributed by atoms with Gasteiger partial charge in [0.15, 0.2) is 0 Å². The van der Waals surface area contributed by atoms with E-state index in [2.05, 4.69) is 10.9 Å². The molecule has 0 amide bonds. The van der Waals surface area contributed by atoms with Crippen LogP contribution in [0.15, 0.2) is 30.3 Å². The van der Waals surface area contributed by atoms with Gasteiger partial charge in [0, 0.05) is 10.9 Å². The second-order valence-corrected chi connectivity index (χ2v) is 4.93. The molecular formula is C15H14ClNO. The molecule has 1 aromatic heterocycles. The van der Waals surface area contributed by atoms with Crippen LogP contribution in [-0.4, -0.2) is 10.6 Å². The molecule has 2 rings (SSSR count). The molecule has 3 heteroatoms. The molecule has 1 aromatic carbocycles. The van der Waals surface area contributed by atoms with Gasteiger partial charge in [0.2, 0.25) is 0 Å². The van der Waals surface area contributed by atoms with Crippen molar-refractivity contribution in [1.82, 2.24) is 4.98 Å². The lowest BCUT2D eigenvalue weighted by molar-refractivity contribution is 0.0145.